The SMILES string of the molecule is CCC(N)C(=O)N[C@@H](C)C1CCCC1. The summed E-state index contributed by atoms with van der Waals surface area (Å²) in [6, 6.07) is -0.0403. The van der Waals surface area contributed by atoms with Crippen LogP contribution >= 0.6 is 0 Å². The van der Waals surface area contributed by atoms with Gasteiger partial charge in [0, 0.05) is 6.04 Å². The summed E-state index contributed by atoms with van der Waals surface area (Å²) in [6.45, 7) is 4.03. The minimum atomic E-state index is -0.334. The lowest BCUT2D eigenvalue weighted by Gasteiger charge is -2.22. The second-order valence-electron chi connectivity index (χ2n) is 4.36. The summed E-state index contributed by atoms with van der Waals surface area (Å²) in [6.07, 6.45) is 5.84. The van der Waals surface area contributed by atoms with Gasteiger partial charge in [-0.3, -0.25) is 4.79 Å². The van der Waals surface area contributed by atoms with Crippen molar-refractivity contribution in [1.29, 1.82) is 0 Å². The molecule has 1 fully saturated rings. The van der Waals surface area contributed by atoms with Crippen molar-refractivity contribution in [2.75, 3.05) is 0 Å². The first-order chi connectivity index (χ1) is 6.65. The number of carbonyl (C=O) groups excluding carboxylic acids is 1. The fourth-order valence-corrected chi connectivity index (χ4v) is 2.09. The maximum atomic E-state index is 11.5. The molecule has 0 aromatic rings. The first-order valence-electron chi connectivity index (χ1n) is 5.71. The number of hydrogen-bond donors (Lipinski definition) is 2. The molecule has 2 atom stereocenters. The van der Waals surface area contributed by atoms with Crippen LogP contribution in [-0.4, -0.2) is 18.0 Å². The molecule has 0 aromatic carbocycles. The Bertz CT molecular complexity index is 188. The fourth-order valence-electron chi connectivity index (χ4n) is 2.09. The molecule has 0 saturated heterocycles. The van der Waals surface area contributed by atoms with E-state index in [9.17, 15) is 4.79 Å². The van der Waals surface area contributed by atoms with E-state index in [1.54, 1.807) is 0 Å². The van der Waals surface area contributed by atoms with E-state index in [0.29, 0.717) is 18.4 Å². The van der Waals surface area contributed by atoms with Crippen molar-refractivity contribution in [3.8, 4) is 0 Å². The Labute approximate surface area is 86.4 Å². The Balaban J connectivity index is 2.31. The molecule has 82 valence electrons. The molecule has 1 aliphatic carbocycles. The monoisotopic (exact) mass is 198 g/mol. The van der Waals surface area contributed by atoms with Gasteiger partial charge in [0.2, 0.25) is 5.91 Å². The van der Waals surface area contributed by atoms with E-state index < -0.39 is 0 Å². The van der Waals surface area contributed by atoms with Gasteiger partial charge in [-0.15, -0.1) is 0 Å². The van der Waals surface area contributed by atoms with Crippen LogP contribution < -0.4 is 11.1 Å². The molecule has 1 rings (SSSR count). The maximum absolute atomic E-state index is 11.5. The lowest BCUT2D eigenvalue weighted by molar-refractivity contribution is -0.123. The summed E-state index contributed by atoms with van der Waals surface area (Å²) >= 11 is 0. The molecule has 1 unspecified atom stereocenters. The molecule has 0 heterocycles. The topological polar surface area (TPSA) is 55.1 Å². The molecular weight excluding hydrogens is 176 g/mol. The Morgan fingerprint density at radius 1 is 1.50 bits per heavy atom. The number of nitrogens with two attached hydrogens (primary N) is 1. The summed E-state index contributed by atoms with van der Waals surface area (Å²) in [5.74, 6) is 0.676. The van der Waals surface area contributed by atoms with Gasteiger partial charge in [0.25, 0.3) is 0 Å². The van der Waals surface area contributed by atoms with Crippen LogP contribution in [0, 0.1) is 5.92 Å². The number of hydrogen-bond acceptors (Lipinski definition) is 2. The predicted octanol–water partition coefficient (Wildman–Crippen LogP) is 1.42. The van der Waals surface area contributed by atoms with E-state index in [0.717, 1.165) is 0 Å². The Hall–Kier alpha value is -0.570. The average Bonchev–Trinajstić information content (AvgIpc) is 2.69. The van der Waals surface area contributed by atoms with Crippen LogP contribution in [-0.2, 0) is 4.79 Å². The van der Waals surface area contributed by atoms with Gasteiger partial charge in [-0.1, -0.05) is 19.8 Å². The highest BCUT2D eigenvalue weighted by molar-refractivity contribution is 5.81. The predicted molar refractivity (Wildman–Crippen MR) is 57.8 cm³/mol. The maximum Gasteiger partial charge on any atom is 0.237 e. The van der Waals surface area contributed by atoms with Crippen molar-refractivity contribution in [2.24, 2.45) is 11.7 Å². The molecule has 0 bridgehead atoms. The molecule has 0 aliphatic heterocycles. The Morgan fingerprint density at radius 3 is 2.57 bits per heavy atom. The standard InChI is InChI=1S/C11H22N2O/c1-3-10(12)11(14)13-8(2)9-6-4-5-7-9/h8-10H,3-7,12H2,1-2H3,(H,13,14)/t8-,10?/m0/s1. The van der Waals surface area contributed by atoms with Gasteiger partial charge in [0.1, 0.15) is 0 Å². The molecule has 1 amide bonds. The first-order valence-corrected chi connectivity index (χ1v) is 5.71. The minimum Gasteiger partial charge on any atom is -0.352 e. The Morgan fingerprint density at radius 2 is 2.07 bits per heavy atom. The summed E-state index contributed by atoms with van der Waals surface area (Å²) in [4.78, 5) is 11.5. The zero-order chi connectivity index (χ0) is 10.6. The zero-order valence-corrected chi connectivity index (χ0v) is 9.25. The van der Waals surface area contributed by atoms with Crippen LogP contribution in [0.3, 0.4) is 0 Å². The van der Waals surface area contributed by atoms with Crippen molar-refractivity contribution >= 4 is 5.91 Å². The second-order valence-corrected chi connectivity index (χ2v) is 4.36. The zero-order valence-electron chi connectivity index (χ0n) is 9.25. The first kappa shape index (κ1) is 11.5. The minimum absolute atomic E-state index is 0.00639. The number of nitrogens with one attached hydrogen (secondary N) is 1. The fraction of sp³-hybridized carbons (Fsp3) is 0.909. The average molecular weight is 198 g/mol. The number of rotatable bonds is 4. The third-order valence-corrected chi connectivity index (χ3v) is 3.25. The summed E-state index contributed by atoms with van der Waals surface area (Å²) in [5, 5.41) is 3.01. The Kier molecular flexibility index (Phi) is 4.39. The number of amides is 1. The van der Waals surface area contributed by atoms with Gasteiger partial charge in [-0.25, -0.2) is 0 Å². The van der Waals surface area contributed by atoms with Gasteiger partial charge in [-0.05, 0) is 32.1 Å². The van der Waals surface area contributed by atoms with Crippen molar-refractivity contribution in [3.63, 3.8) is 0 Å². The highest BCUT2D eigenvalue weighted by Gasteiger charge is 2.23. The van der Waals surface area contributed by atoms with E-state index in [2.05, 4.69) is 12.2 Å². The van der Waals surface area contributed by atoms with Gasteiger partial charge in [-0.2, -0.15) is 0 Å². The van der Waals surface area contributed by atoms with Crippen LogP contribution in [0.25, 0.3) is 0 Å². The van der Waals surface area contributed by atoms with Gasteiger partial charge >= 0.3 is 0 Å². The molecule has 3 nitrogen and oxygen atoms in total. The van der Waals surface area contributed by atoms with Crippen LogP contribution in [0.1, 0.15) is 46.0 Å². The van der Waals surface area contributed by atoms with E-state index in [1.165, 1.54) is 25.7 Å². The van der Waals surface area contributed by atoms with Crippen LogP contribution in [0.2, 0.25) is 0 Å². The smallest absolute Gasteiger partial charge is 0.237 e. The summed E-state index contributed by atoms with van der Waals surface area (Å²) in [7, 11) is 0. The molecule has 3 N–H and O–H groups in total. The van der Waals surface area contributed by atoms with Crippen molar-refractivity contribution in [1.82, 2.24) is 5.32 Å². The highest BCUT2D eigenvalue weighted by atomic mass is 16.2. The molecule has 0 radical (unpaired) electrons. The van der Waals surface area contributed by atoms with Crippen LogP contribution in [0.15, 0.2) is 0 Å². The summed E-state index contributed by atoms with van der Waals surface area (Å²) < 4.78 is 0. The second kappa shape index (κ2) is 5.35. The molecule has 1 saturated carbocycles. The third kappa shape index (κ3) is 2.98. The lowest BCUT2D eigenvalue weighted by Crippen LogP contribution is -2.46. The quantitative estimate of drug-likeness (QED) is 0.717. The lowest BCUT2D eigenvalue weighted by atomic mass is 9.99. The van der Waals surface area contributed by atoms with Crippen LogP contribution in [0.5, 0.6) is 0 Å². The highest BCUT2D eigenvalue weighted by Crippen LogP contribution is 2.27. The third-order valence-electron chi connectivity index (χ3n) is 3.25. The van der Waals surface area contributed by atoms with Crippen molar-refractivity contribution < 1.29 is 4.79 Å². The van der Waals surface area contributed by atoms with E-state index in [4.69, 9.17) is 5.73 Å². The van der Waals surface area contributed by atoms with Gasteiger partial charge in [0.15, 0.2) is 0 Å². The van der Waals surface area contributed by atoms with Crippen molar-refractivity contribution in [2.45, 2.75) is 58.0 Å². The normalized spacial score (nSPS) is 21.9. The molecule has 0 aromatic heterocycles. The van der Waals surface area contributed by atoms with E-state index in [1.807, 2.05) is 6.92 Å². The molecule has 3 heteroatoms. The molecule has 1 aliphatic rings. The molecule has 14 heavy (non-hydrogen) atoms. The van der Waals surface area contributed by atoms with Gasteiger partial charge < -0.3 is 11.1 Å². The van der Waals surface area contributed by atoms with Gasteiger partial charge in [0.05, 0.1) is 6.04 Å². The van der Waals surface area contributed by atoms with E-state index in [-0.39, 0.29) is 11.9 Å². The molecular formula is C11H22N2O. The molecule has 0 spiro atoms. The van der Waals surface area contributed by atoms with E-state index >= 15 is 0 Å². The van der Waals surface area contributed by atoms with Crippen LogP contribution in [0.4, 0.5) is 0 Å². The number of carbonyl (C=O) groups is 1. The summed E-state index contributed by atoms with van der Waals surface area (Å²) in [5.41, 5.74) is 5.65. The van der Waals surface area contributed by atoms with Crippen molar-refractivity contribution in [3.05, 3.63) is 0 Å². The largest absolute Gasteiger partial charge is 0.352 e.